The van der Waals surface area contributed by atoms with Gasteiger partial charge in [-0.15, -0.1) is 0 Å². The molecule has 0 bridgehead atoms. The largest absolute Gasteiger partial charge is 0.376 e. The molecule has 4 heteroatoms. The number of ether oxygens (including phenoxy) is 1. The number of hydrogen-bond acceptors (Lipinski definition) is 3. The summed E-state index contributed by atoms with van der Waals surface area (Å²) in [5.41, 5.74) is 5.32. The highest BCUT2D eigenvalue weighted by atomic mass is 16.5. The van der Waals surface area contributed by atoms with Gasteiger partial charge in [0.05, 0.1) is 12.7 Å². The predicted octanol–water partition coefficient (Wildman–Crippen LogP) is 2.22. The molecular weight excluding hydrogens is 228 g/mol. The smallest absolute Gasteiger partial charge is 0.236 e. The molecule has 2 unspecified atom stereocenters. The highest BCUT2D eigenvalue weighted by Gasteiger charge is 2.15. The van der Waals surface area contributed by atoms with E-state index in [-0.39, 0.29) is 18.1 Å². The van der Waals surface area contributed by atoms with E-state index in [1.165, 1.54) is 25.7 Å². The number of primary amides is 1. The van der Waals surface area contributed by atoms with Crippen LogP contribution < -0.4 is 11.1 Å². The van der Waals surface area contributed by atoms with Crippen molar-refractivity contribution in [2.24, 2.45) is 5.73 Å². The molecule has 0 heterocycles. The highest BCUT2D eigenvalue weighted by molar-refractivity contribution is 5.79. The minimum atomic E-state index is -0.358. The van der Waals surface area contributed by atoms with Gasteiger partial charge < -0.3 is 15.8 Å². The Balaban J connectivity index is 3.71. The molecule has 18 heavy (non-hydrogen) atoms. The first-order valence-corrected chi connectivity index (χ1v) is 7.26. The van der Waals surface area contributed by atoms with Crippen molar-refractivity contribution in [3.63, 3.8) is 0 Å². The molecule has 0 aromatic carbocycles. The normalized spacial score (nSPS) is 14.4. The van der Waals surface area contributed by atoms with Crippen LogP contribution in [0.25, 0.3) is 0 Å². The quantitative estimate of drug-likeness (QED) is 0.528. The van der Waals surface area contributed by atoms with Crippen LogP contribution in [0.2, 0.25) is 0 Å². The van der Waals surface area contributed by atoms with Crippen LogP contribution in [0, 0.1) is 0 Å². The van der Waals surface area contributed by atoms with Gasteiger partial charge in [0.25, 0.3) is 0 Å². The van der Waals surface area contributed by atoms with E-state index in [1.54, 1.807) is 0 Å². The fourth-order valence-corrected chi connectivity index (χ4v) is 1.76. The Morgan fingerprint density at radius 1 is 1.22 bits per heavy atom. The Labute approximate surface area is 112 Å². The zero-order valence-corrected chi connectivity index (χ0v) is 12.2. The predicted molar refractivity (Wildman–Crippen MR) is 75.4 cm³/mol. The Bertz CT molecular complexity index is 210. The second-order valence-corrected chi connectivity index (χ2v) is 4.90. The van der Waals surface area contributed by atoms with Crippen LogP contribution in [-0.2, 0) is 9.53 Å². The van der Waals surface area contributed by atoms with Gasteiger partial charge in [0, 0.05) is 0 Å². The van der Waals surface area contributed by atoms with E-state index in [0.29, 0.717) is 6.61 Å². The maximum atomic E-state index is 11.2. The molecule has 0 aromatic heterocycles. The standard InChI is InChI=1S/C14H30N2O2/c1-4-6-7-8-9-12(3)18-11-13(14(15)17)16-10-5-2/h12-13,16H,4-11H2,1-3H3,(H2,15,17). The first-order valence-electron chi connectivity index (χ1n) is 7.26. The Kier molecular flexibility index (Phi) is 11.1. The van der Waals surface area contributed by atoms with E-state index in [4.69, 9.17) is 10.5 Å². The summed E-state index contributed by atoms with van der Waals surface area (Å²) in [4.78, 5) is 11.2. The lowest BCUT2D eigenvalue weighted by Crippen LogP contribution is -2.45. The minimum Gasteiger partial charge on any atom is -0.376 e. The highest BCUT2D eigenvalue weighted by Crippen LogP contribution is 2.08. The van der Waals surface area contributed by atoms with Crippen LogP contribution in [0.15, 0.2) is 0 Å². The topological polar surface area (TPSA) is 64.3 Å². The monoisotopic (exact) mass is 258 g/mol. The summed E-state index contributed by atoms with van der Waals surface area (Å²) >= 11 is 0. The summed E-state index contributed by atoms with van der Waals surface area (Å²) in [6.45, 7) is 7.50. The molecule has 0 aliphatic carbocycles. The summed E-state index contributed by atoms with van der Waals surface area (Å²) in [7, 11) is 0. The number of unbranched alkanes of at least 4 members (excludes halogenated alkanes) is 3. The van der Waals surface area contributed by atoms with Crippen LogP contribution in [0.3, 0.4) is 0 Å². The van der Waals surface area contributed by atoms with E-state index in [1.807, 2.05) is 0 Å². The van der Waals surface area contributed by atoms with Crippen LogP contribution >= 0.6 is 0 Å². The van der Waals surface area contributed by atoms with Gasteiger partial charge in [-0.1, -0.05) is 39.5 Å². The van der Waals surface area contributed by atoms with Crippen molar-refractivity contribution in [2.75, 3.05) is 13.2 Å². The number of amides is 1. The molecule has 0 aliphatic heterocycles. The summed E-state index contributed by atoms with van der Waals surface area (Å²) in [6.07, 6.45) is 7.23. The van der Waals surface area contributed by atoms with Gasteiger partial charge in [0.2, 0.25) is 5.91 Å². The van der Waals surface area contributed by atoms with Gasteiger partial charge in [-0.25, -0.2) is 0 Å². The molecule has 0 saturated heterocycles. The molecule has 1 amide bonds. The molecule has 4 nitrogen and oxygen atoms in total. The van der Waals surface area contributed by atoms with E-state index >= 15 is 0 Å². The molecule has 0 radical (unpaired) electrons. The van der Waals surface area contributed by atoms with E-state index in [0.717, 1.165) is 19.4 Å². The zero-order chi connectivity index (χ0) is 13.8. The maximum absolute atomic E-state index is 11.2. The van der Waals surface area contributed by atoms with Gasteiger partial charge in [-0.2, -0.15) is 0 Å². The average Bonchev–Trinajstić information content (AvgIpc) is 2.34. The van der Waals surface area contributed by atoms with Gasteiger partial charge in [0.1, 0.15) is 6.04 Å². The molecule has 0 aliphatic rings. The molecule has 0 spiro atoms. The molecule has 0 fully saturated rings. The number of carbonyl (C=O) groups excluding carboxylic acids is 1. The first kappa shape index (κ1) is 17.4. The van der Waals surface area contributed by atoms with Crippen molar-refractivity contribution in [3.05, 3.63) is 0 Å². The summed E-state index contributed by atoms with van der Waals surface area (Å²) in [5, 5.41) is 3.10. The molecular formula is C14H30N2O2. The summed E-state index contributed by atoms with van der Waals surface area (Å²) in [5.74, 6) is -0.332. The number of nitrogens with one attached hydrogen (secondary N) is 1. The van der Waals surface area contributed by atoms with E-state index in [9.17, 15) is 4.79 Å². The summed E-state index contributed by atoms with van der Waals surface area (Å²) in [6, 6.07) is -0.358. The zero-order valence-electron chi connectivity index (χ0n) is 12.2. The first-order chi connectivity index (χ1) is 8.61. The van der Waals surface area contributed by atoms with E-state index < -0.39 is 0 Å². The van der Waals surface area contributed by atoms with Crippen LogP contribution in [0.1, 0.15) is 59.3 Å². The van der Waals surface area contributed by atoms with Crippen molar-refractivity contribution < 1.29 is 9.53 Å². The Morgan fingerprint density at radius 3 is 2.50 bits per heavy atom. The van der Waals surface area contributed by atoms with Crippen molar-refractivity contribution in [3.8, 4) is 0 Å². The van der Waals surface area contributed by atoms with Gasteiger partial charge in [-0.05, 0) is 26.3 Å². The maximum Gasteiger partial charge on any atom is 0.236 e. The molecule has 108 valence electrons. The Hall–Kier alpha value is -0.610. The fourth-order valence-electron chi connectivity index (χ4n) is 1.76. The molecule has 0 rings (SSSR count). The lowest BCUT2D eigenvalue weighted by Gasteiger charge is -2.18. The van der Waals surface area contributed by atoms with Crippen molar-refractivity contribution in [1.82, 2.24) is 5.32 Å². The van der Waals surface area contributed by atoms with Gasteiger partial charge in [0.15, 0.2) is 0 Å². The lowest BCUT2D eigenvalue weighted by atomic mass is 10.1. The minimum absolute atomic E-state index is 0.201. The Morgan fingerprint density at radius 2 is 1.94 bits per heavy atom. The SMILES string of the molecule is CCCCCCC(C)OCC(NCCC)C(N)=O. The molecule has 3 N–H and O–H groups in total. The van der Waals surface area contributed by atoms with Crippen molar-refractivity contribution >= 4 is 5.91 Å². The second-order valence-electron chi connectivity index (χ2n) is 4.90. The number of carbonyl (C=O) groups is 1. The van der Waals surface area contributed by atoms with Crippen molar-refractivity contribution in [1.29, 1.82) is 0 Å². The molecule has 0 aromatic rings. The number of nitrogens with two attached hydrogens (primary N) is 1. The third-order valence-electron chi connectivity index (χ3n) is 3.00. The number of rotatable bonds is 12. The van der Waals surface area contributed by atoms with Crippen molar-refractivity contribution in [2.45, 2.75) is 71.4 Å². The second kappa shape index (κ2) is 11.5. The van der Waals surface area contributed by atoms with Crippen LogP contribution in [0.4, 0.5) is 0 Å². The average molecular weight is 258 g/mol. The fraction of sp³-hybridized carbons (Fsp3) is 0.929. The molecule has 0 saturated carbocycles. The van der Waals surface area contributed by atoms with Crippen LogP contribution in [-0.4, -0.2) is 31.2 Å². The number of hydrogen-bond donors (Lipinski definition) is 2. The van der Waals surface area contributed by atoms with Crippen LogP contribution in [0.5, 0.6) is 0 Å². The van der Waals surface area contributed by atoms with Gasteiger partial charge >= 0.3 is 0 Å². The van der Waals surface area contributed by atoms with Gasteiger partial charge in [-0.3, -0.25) is 4.79 Å². The third-order valence-corrected chi connectivity index (χ3v) is 3.00. The summed E-state index contributed by atoms with van der Waals surface area (Å²) < 4.78 is 5.68. The molecule has 2 atom stereocenters. The lowest BCUT2D eigenvalue weighted by molar-refractivity contribution is -0.122. The third kappa shape index (κ3) is 9.42. The van der Waals surface area contributed by atoms with E-state index in [2.05, 4.69) is 26.1 Å².